The van der Waals surface area contributed by atoms with Crippen molar-refractivity contribution in [3.8, 4) is 0 Å². The minimum Gasteiger partial charge on any atom is -0.325 e. The Morgan fingerprint density at radius 1 is 1.08 bits per heavy atom. The van der Waals surface area contributed by atoms with E-state index in [0.29, 0.717) is 0 Å². The number of rotatable bonds is 4. The molecular weight excluding hydrogens is 332 g/mol. The van der Waals surface area contributed by atoms with E-state index >= 15 is 0 Å². The molecule has 6 heteroatoms. The van der Waals surface area contributed by atoms with Crippen molar-refractivity contribution < 1.29 is 4.79 Å². The van der Waals surface area contributed by atoms with Crippen LogP contribution >= 0.6 is 11.8 Å². The second-order valence-electron chi connectivity index (χ2n) is 5.73. The maximum Gasteiger partial charge on any atom is 0.234 e. The minimum absolute atomic E-state index is 0.0649. The fraction of sp³-hybridized carbons (Fsp3) is 0.105. The van der Waals surface area contributed by atoms with E-state index in [1.165, 1.54) is 11.8 Å². The van der Waals surface area contributed by atoms with Gasteiger partial charge in [-0.3, -0.25) is 9.20 Å². The van der Waals surface area contributed by atoms with Gasteiger partial charge in [0.15, 0.2) is 10.8 Å². The number of pyridine rings is 1. The molecule has 0 aliphatic rings. The van der Waals surface area contributed by atoms with Gasteiger partial charge in [-0.05, 0) is 42.1 Å². The van der Waals surface area contributed by atoms with Crippen molar-refractivity contribution in [3.63, 3.8) is 0 Å². The highest BCUT2D eigenvalue weighted by atomic mass is 32.2. The number of nitrogens with one attached hydrogen (secondary N) is 1. The molecule has 0 aliphatic heterocycles. The van der Waals surface area contributed by atoms with Crippen LogP contribution in [0.3, 0.4) is 0 Å². The molecule has 1 amide bonds. The molecule has 0 bridgehead atoms. The first-order chi connectivity index (χ1) is 12.2. The summed E-state index contributed by atoms with van der Waals surface area (Å²) in [6.45, 7) is 2.02. The first-order valence-electron chi connectivity index (χ1n) is 7.93. The lowest BCUT2D eigenvalue weighted by Crippen LogP contribution is -2.14. The van der Waals surface area contributed by atoms with E-state index < -0.39 is 0 Å². The zero-order chi connectivity index (χ0) is 17.2. The number of aromatic nitrogens is 3. The Morgan fingerprint density at radius 2 is 1.84 bits per heavy atom. The van der Waals surface area contributed by atoms with Gasteiger partial charge in [0.2, 0.25) is 5.91 Å². The summed E-state index contributed by atoms with van der Waals surface area (Å²) in [5, 5.41) is 13.3. The standard InChI is InChI=1S/C19H16N4OS/c1-13-11-14-7-5-6-10-16(14)23-18(13)21-22-19(23)25-12-17(24)20-15-8-3-2-4-9-15/h2-11H,12H2,1H3,(H,20,24). The number of anilines is 1. The molecule has 4 aromatic rings. The van der Waals surface area contributed by atoms with Crippen LogP contribution in [0.15, 0.2) is 65.8 Å². The Morgan fingerprint density at radius 3 is 2.68 bits per heavy atom. The van der Waals surface area contributed by atoms with Gasteiger partial charge in [-0.15, -0.1) is 10.2 Å². The molecule has 2 aromatic heterocycles. The third-order valence-corrected chi connectivity index (χ3v) is 4.85. The smallest absolute Gasteiger partial charge is 0.234 e. The van der Waals surface area contributed by atoms with E-state index in [2.05, 4.69) is 27.6 Å². The molecular formula is C19H16N4OS. The summed E-state index contributed by atoms with van der Waals surface area (Å²) in [6.07, 6.45) is 0. The van der Waals surface area contributed by atoms with Crippen LogP contribution in [0.1, 0.15) is 5.56 Å². The lowest BCUT2D eigenvalue weighted by atomic mass is 10.1. The summed E-state index contributed by atoms with van der Waals surface area (Å²) in [6, 6.07) is 19.7. The largest absolute Gasteiger partial charge is 0.325 e. The van der Waals surface area contributed by atoms with E-state index in [9.17, 15) is 4.79 Å². The predicted molar refractivity (Wildman–Crippen MR) is 101 cm³/mol. The van der Waals surface area contributed by atoms with Crippen LogP contribution in [0, 0.1) is 6.92 Å². The fourth-order valence-electron chi connectivity index (χ4n) is 2.80. The van der Waals surface area contributed by atoms with Crippen LogP contribution in [0.25, 0.3) is 16.6 Å². The Hall–Kier alpha value is -2.86. The van der Waals surface area contributed by atoms with Gasteiger partial charge in [-0.2, -0.15) is 0 Å². The number of hydrogen-bond acceptors (Lipinski definition) is 4. The monoisotopic (exact) mass is 348 g/mol. The molecule has 0 saturated carbocycles. The topological polar surface area (TPSA) is 59.3 Å². The van der Waals surface area contributed by atoms with Crippen molar-refractivity contribution in [1.82, 2.24) is 14.6 Å². The van der Waals surface area contributed by atoms with Crippen LogP contribution in [0.5, 0.6) is 0 Å². The molecule has 0 atom stereocenters. The minimum atomic E-state index is -0.0649. The first kappa shape index (κ1) is 15.7. The Balaban J connectivity index is 1.61. The Labute approximate surface area is 149 Å². The summed E-state index contributed by atoms with van der Waals surface area (Å²) in [7, 11) is 0. The van der Waals surface area contributed by atoms with Crippen molar-refractivity contribution in [2.75, 3.05) is 11.1 Å². The second-order valence-corrected chi connectivity index (χ2v) is 6.67. The van der Waals surface area contributed by atoms with Gasteiger partial charge in [-0.1, -0.05) is 48.2 Å². The Kier molecular flexibility index (Phi) is 4.11. The number of thioether (sulfide) groups is 1. The molecule has 5 nitrogen and oxygen atoms in total. The highest BCUT2D eigenvalue weighted by molar-refractivity contribution is 7.99. The van der Waals surface area contributed by atoms with Crippen LogP contribution in [0.4, 0.5) is 5.69 Å². The van der Waals surface area contributed by atoms with Gasteiger partial charge in [-0.25, -0.2) is 0 Å². The third kappa shape index (κ3) is 3.08. The van der Waals surface area contributed by atoms with E-state index in [1.807, 2.05) is 59.9 Å². The van der Waals surface area contributed by atoms with E-state index in [0.717, 1.165) is 33.0 Å². The number of amides is 1. The molecule has 0 spiro atoms. The average Bonchev–Trinajstić information content (AvgIpc) is 3.06. The zero-order valence-electron chi connectivity index (χ0n) is 13.6. The summed E-state index contributed by atoms with van der Waals surface area (Å²) < 4.78 is 2.02. The lowest BCUT2D eigenvalue weighted by Gasteiger charge is -2.07. The normalized spacial score (nSPS) is 11.1. The third-order valence-electron chi connectivity index (χ3n) is 3.93. The summed E-state index contributed by atoms with van der Waals surface area (Å²) in [5.41, 5.74) is 3.72. The molecule has 25 heavy (non-hydrogen) atoms. The van der Waals surface area contributed by atoms with Crippen molar-refractivity contribution >= 4 is 39.9 Å². The quantitative estimate of drug-likeness (QED) is 0.568. The summed E-state index contributed by atoms with van der Waals surface area (Å²) in [4.78, 5) is 12.2. The fourth-order valence-corrected chi connectivity index (χ4v) is 3.54. The van der Waals surface area contributed by atoms with Gasteiger partial charge in [0, 0.05) is 5.69 Å². The molecule has 0 unspecified atom stereocenters. The number of hydrogen-bond donors (Lipinski definition) is 1. The zero-order valence-corrected chi connectivity index (χ0v) is 14.5. The van der Waals surface area contributed by atoms with Crippen LogP contribution < -0.4 is 5.32 Å². The Bertz CT molecular complexity index is 1060. The SMILES string of the molecule is Cc1cc2ccccc2n2c(SCC(=O)Nc3ccccc3)nnc12. The van der Waals surface area contributed by atoms with E-state index in [1.54, 1.807) is 0 Å². The number of carbonyl (C=O) groups excluding carboxylic acids is 1. The summed E-state index contributed by atoms with van der Waals surface area (Å²) in [5.74, 6) is 0.211. The number of nitrogens with zero attached hydrogens (tertiary/aromatic N) is 3. The molecule has 0 radical (unpaired) electrons. The maximum absolute atomic E-state index is 12.2. The van der Waals surface area contributed by atoms with Crippen molar-refractivity contribution in [3.05, 3.63) is 66.2 Å². The van der Waals surface area contributed by atoms with Crippen LogP contribution in [-0.4, -0.2) is 26.3 Å². The molecule has 124 valence electrons. The molecule has 0 fully saturated rings. The maximum atomic E-state index is 12.2. The van der Waals surface area contributed by atoms with Gasteiger partial charge in [0.25, 0.3) is 0 Å². The molecule has 4 rings (SSSR count). The van der Waals surface area contributed by atoms with Crippen LogP contribution in [-0.2, 0) is 4.79 Å². The number of carbonyl (C=O) groups is 1. The average molecular weight is 348 g/mol. The molecule has 0 aliphatic carbocycles. The first-order valence-corrected chi connectivity index (χ1v) is 8.92. The van der Waals surface area contributed by atoms with Gasteiger partial charge in [0.1, 0.15) is 0 Å². The van der Waals surface area contributed by atoms with Gasteiger partial charge < -0.3 is 5.32 Å². The van der Waals surface area contributed by atoms with Gasteiger partial charge in [0.05, 0.1) is 11.3 Å². The van der Waals surface area contributed by atoms with Crippen molar-refractivity contribution in [2.45, 2.75) is 12.1 Å². The number of aryl methyl sites for hydroxylation is 1. The molecule has 2 heterocycles. The van der Waals surface area contributed by atoms with E-state index in [4.69, 9.17) is 0 Å². The summed E-state index contributed by atoms with van der Waals surface area (Å²) >= 11 is 1.38. The lowest BCUT2D eigenvalue weighted by molar-refractivity contribution is -0.113. The molecule has 2 aromatic carbocycles. The molecule has 0 saturated heterocycles. The van der Waals surface area contributed by atoms with E-state index in [-0.39, 0.29) is 11.7 Å². The van der Waals surface area contributed by atoms with Crippen LogP contribution in [0.2, 0.25) is 0 Å². The number of benzene rings is 2. The van der Waals surface area contributed by atoms with Gasteiger partial charge >= 0.3 is 0 Å². The highest BCUT2D eigenvalue weighted by Crippen LogP contribution is 2.25. The van der Waals surface area contributed by atoms with Crippen molar-refractivity contribution in [1.29, 1.82) is 0 Å². The molecule has 1 N–H and O–H groups in total. The van der Waals surface area contributed by atoms with Crippen molar-refractivity contribution in [2.24, 2.45) is 0 Å². The number of fused-ring (bicyclic) bond motifs is 3. The second kappa shape index (κ2) is 6.57. The highest BCUT2D eigenvalue weighted by Gasteiger charge is 2.13. The number of para-hydroxylation sites is 2. The predicted octanol–water partition coefficient (Wildman–Crippen LogP) is 3.92.